The molecule has 1 heterocycles. The number of aryl methyl sites for hydroxylation is 1. The lowest BCUT2D eigenvalue weighted by Gasteiger charge is -2.15. The molecule has 6 nitrogen and oxygen atoms in total. The van der Waals surface area contributed by atoms with Crippen LogP contribution in [0.15, 0.2) is 72.8 Å². The number of nitrogens with one attached hydrogen (secondary N) is 1. The summed E-state index contributed by atoms with van der Waals surface area (Å²) in [6, 6.07) is 19.4. The molecule has 190 valence electrons. The number of alkyl halides is 2. The smallest absolute Gasteiger partial charge is 0.374 e. The van der Waals surface area contributed by atoms with Crippen LogP contribution in [-0.4, -0.2) is 32.9 Å². The Hall–Kier alpha value is -4.27. The van der Waals surface area contributed by atoms with Crippen LogP contribution in [0.1, 0.15) is 47.4 Å². The quantitative estimate of drug-likeness (QED) is 0.291. The zero-order valence-corrected chi connectivity index (χ0v) is 19.9. The van der Waals surface area contributed by atoms with E-state index in [0.29, 0.717) is 28.0 Å². The number of aliphatic carboxylic acids is 1. The third-order valence-electron chi connectivity index (χ3n) is 5.98. The van der Waals surface area contributed by atoms with Crippen molar-refractivity contribution in [2.75, 3.05) is 0 Å². The number of carbonyl (C=O) groups excluding carboxylic acids is 1. The number of halogens is 3. The summed E-state index contributed by atoms with van der Waals surface area (Å²) in [5.41, 5.74) is 3.66. The summed E-state index contributed by atoms with van der Waals surface area (Å²) in [5, 5.41) is 11.6. The van der Waals surface area contributed by atoms with Gasteiger partial charge >= 0.3 is 11.9 Å². The molecule has 0 radical (unpaired) electrons. The van der Waals surface area contributed by atoms with Crippen LogP contribution in [0, 0.1) is 5.82 Å². The maximum absolute atomic E-state index is 13.6. The van der Waals surface area contributed by atoms with Gasteiger partial charge in [-0.25, -0.2) is 19.2 Å². The fourth-order valence-corrected chi connectivity index (χ4v) is 3.93. The second kappa shape index (κ2) is 10.8. The van der Waals surface area contributed by atoms with Gasteiger partial charge in [0.15, 0.2) is 0 Å². The van der Waals surface area contributed by atoms with Crippen LogP contribution in [-0.2, 0) is 11.2 Å². The molecule has 37 heavy (non-hydrogen) atoms. The van der Waals surface area contributed by atoms with Crippen LogP contribution < -0.4 is 5.32 Å². The van der Waals surface area contributed by atoms with Gasteiger partial charge in [-0.1, -0.05) is 42.5 Å². The predicted octanol–water partition coefficient (Wildman–Crippen LogP) is 5.97. The summed E-state index contributed by atoms with van der Waals surface area (Å²) >= 11 is 0. The number of hydrogen-bond acceptors (Lipinski definition) is 4. The van der Waals surface area contributed by atoms with E-state index in [0.717, 1.165) is 11.1 Å². The number of fused-ring (bicyclic) bond motifs is 1. The summed E-state index contributed by atoms with van der Waals surface area (Å²) < 4.78 is 40.4. The van der Waals surface area contributed by atoms with Crippen LogP contribution in [0.25, 0.3) is 22.3 Å². The highest BCUT2D eigenvalue weighted by molar-refractivity contribution is 5.97. The first-order chi connectivity index (χ1) is 17.6. The molecule has 0 saturated carbocycles. The van der Waals surface area contributed by atoms with Crippen molar-refractivity contribution in [2.24, 2.45) is 0 Å². The molecule has 4 rings (SSSR count). The number of carbonyl (C=O) groups is 2. The normalized spacial score (nSPS) is 12.3. The number of aromatic nitrogens is 2. The zero-order valence-electron chi connectivity index (χ0n) is 19.9. The third kappa shape index (κ3) is 6.11. The Bertz CT molecular complexity index is 1430. The summed E-state index contributed by atoms with van der Waals surface area (Å²) in [5.74, 6) is -6.72. The molecule has 0 spiro atoms. The van der Waals surface area contributed by atoms with Gasteiger partial charge in [0.25, 0.3) is 5.91 Å². The molecule has 1 atom stereocenters. The molecule has 0 aliphatic carbocycles. The first kappa shape index (κ1) is 25.8. The fraction of sp³-hybridized carbons (Fsp3) is 0.214. The van der Waals surface area contributed by atoms with Gasteiger partial charge in [0.1, 0.15) is 5.82 Å². The zero-order chi connectivity index (χ0) is 26.6. The van der Waals surface area contributed by atoms with Crippen molar-refractivity contribution >= 4 is 22.9 Å². The Kier molecular flexibility index (Phi) is 7.52. The Morgan fingerprint density at radius 3 is 2.35 bits per heavy atom. The van der Waals surface area contributed by atoms with Crippen molar-refractivity contribution < 1.29 is 27.9 Å². The predicted molar refractivity (Wildman–Crippen MR) is 133 cm³/mol. The highest BCUT2D eigenvalue weighted by atomic mass is 19.3. The fourth-order valence-electron chi connectivity index (χ4n) is 3.93. The maximum Gasteiger partial charge on any atom is 0.374 e. The Morgan fingerprint density at radius 1 is 0.973 bits per heavy atom. The van der Waals surface area contributed by atoms with Crippen LogP contribution in [0.3, 0.4) is 0 Å². The lowest BCUT2D eigenvalue weighted by molar-refractivity contribution is -0.165. The summed E-state index contributed by atoms with van der Waals surface area (Å²) in [6.45, 7) is 1.78. The SMILES string of the molecule is CC(NC(=O)c1ccc2nc(-c3ccccc3)c(CCCC(F)(F)C(=O)O)nc2c1)c1ccc(F)cc1. The molecule has 1 amide bonds. The number of benzene rings is 3. The summed E-state index contributed by atoms with van der Waals surface area (Å²) in [7, 11) is 0. The minimum absolute atomic E-state index is 0.0774. The average molecular weight is 508 g/mol. The second-order valence-electron chi connectivity index (χ2n) is 8.70. The van der Waals surface area contributed by atoms with E-state index >= 15 is 0 Å². The average Bonchev–Trinajstić information content (AvgIpc) is 2.88. The molecule has 1 unspecified atom stereocenters. The van der Waals surface area contributed by atoms with Crippen LogP contribution in [0.4, 0.5) is 13.2 Å². The van der Waals surface area contributed by atoms with Crippen molar-refractivity contribution in [2.45, 2.75) is 38.2 Å². The molecule has 0 aliphatic heterocycles. The minimum atomic E-state index is -3.83. The molecule has 2 N–H and O–H groups in total. The van der Waals surface area contributed by atoms with Crippen molar-refractivity contribution in [1.82, 2.24) is 15.3 Å². The topological polar surface area (TPSA) is 92.2 Å². The van der Waals surface area contributed by atoms with Gasteiger partial charge in [0, 0.05) is 17.5 Å². The summed E-state index contributed by atoms with van der Waals surface area (Å²) in [4.78, 5) is 33.0. The molecule has 0 aliphatic rings. The Balaban J connectivity index is 1.62. The summed E-state index contributed by atoms with van der Waals surface area (Å²) in [6.07, 6.45) is -0.872. The van der Waals surface area contributed by atoms with Crippen molar-refractivity contribution in [3.8, 4) is 11.3 Å². The number of amides is 1. The lowest BCUT2D eigenvalue weighted by atomic mass is 10.0. The highest BCUT2D eigenvalue weighted by Gasteiger charge is 2.37. The van der Waals surface area contributed by atoms with Gasteiger partial charge in [-0.3, -0.25) is 4.79 Å². The first-order valence-electron chi connectivity index (χ1n) is 11.7. The van der Waals surface area contributed by atoms with E-state index in [2.05, 4.69) is 15.3 Å². The van der Waals surface area contributed by atoms with Crippen molar-refractivity contribution in [3.05, 3.63) is 95.4 Å². The van der Waals surface area contributed by atoms with E-state index in [1.165, 1.54) is 12.1 Å². The third-order valence-corrected chi connectivity index (χ3v) is 5.98. The minimum Gasteiger partial charge on any atom is -0.477 e. The van der Waals surface area contributed by atoms with Gasteiger partial charge in [-0.05, 0) is 55.7 Å². The molecular formula is C28H24F3N3O3. The van der Waals surface area contributed by atoms with Gasteiger partial charge in [-0.2, -0.15) is 8.78 Å². The molecule has 0 bridgehead atoms. The van der Waals surface area contributed by atoms with Crippen LogP contribution >= 0.6 is 0 Å². The largest absolute Gasteiger partial charge is 0.477 e. The molecule has 4 aromatic rings. The van der Waals surface area contributed by atoms with Gasteiger partial charge in [-0.15, -0.1) is 0 Å². The number of nitrogens with zero attached hydrogens (tertiary/aromatic N) is 2. The van der Waals surface area contributed by atoms with Crippen molar-refractivity contribution in [1.29, 1.82) is 0 Å². The molecule has 0 saturated heterocycles. The monoisotopic (exact) mass is 507 g/mol. The number of carboxylic acid groups (broad SMARTS) is 1. The standard InChI is InChI=1S/C28H24F3N3O3/c1-17(18-9-12-21(29)13-10-18)32-26(35)20-11-14-22-24(16-20)33-23(8-5-15-28(30,31)27(36)37)25(34-22)19-6-3-2-4-7-19/h2-4,6-7,9-14,16-17H,5,8,15H2,1H3,(H,32,35)(H,36,37). The molecule has 0 fully saturated rings. The maximum atomic E-state index is 13.6. The highest BCUT2D eigenvalue weighted by Crippen LogP contribution is 2.27. The second-order valence-corrected chi connectivity index (χ2v) is 8.70. The molecule has 9 heteroatoms. The number of carboxylic acids is 1. The Morgan fingerprint density at radius 2 is 1.68 bits per heavy atom. The van der Waals surface area contributed by atoms with E-state index in [9.17, 15) is 22.8 Å². The number of rotatable bonds is 9. The van der Waals surface area contributed by atoms with Crippen LogP contribution in [0.2, 0.25) is 0 Å². The molecule has 3 aromatic carbocycles. The number of hydrogen-bond donors (Lipinski definition) is 2. The lowest BCUT2D eigenvalue weighted by Crippen LogP contribution is -2.28. The van der Waals surface area contributed by atoms with E-state index in [-0.39, 0.29) is 30.6 Å². The van der Waals surface area contributed by atoms with E-state index < -0.39 is 18.3 Å². The first-order valence-corrected chi connectivity index (χ1v) is 11.7. The van der Waals surface area contributed by atoms with Gasteiger partial charge in [0.05, 0.1) is 28.5 Å². The van der Waals surface area contributed by atoms with Crippen LogP contribution in [0.5, 0.6) is 0 Å². The Labute approximate surface area is 211 Å². The van der Waals surface area contributed by atoms with E-state index in [1.807, 2.05) is 30.3 Å². The van der Waals surface area contributed by atoms with E-state index in [1.54, 1.807) is 37.3 Å². The molecular weight excluding hydrogens is 483 g/mol. The van der Waals surface area contributed by atoms with Gasteiger partial charge in [0.2, 0.25) is 0 Å². The van der Waals surface area contributed by atoms with Crippen molar-refractivity contribution in [3.63, 3.8) is 0 Å². The van der Waals surface area contributed by atoms with Gasteiger partial charge < -0.3 is 10.4 Å². The van der Waals surface area contributed by atoms with E-state index in [4.69, 9.17) is 5.11 Å². The molecule has 1 aromatic heterocycles.